The molecule has 2 heterocycles. The van der Waals surface area contributed by atoms with Crippen molar-refractivity contribution < 1.29 is 19.4 Å². The molecule has 9 heteroatoms. The molecule has 1 aliphatic rings. The van der Waals surface area contributed by atoms with Gasteiger partial charge in [-0.25, -0.2) is 4.79 Å². The summed E-state index contributed by atoms with van der Waals surface area (Å²) < 4.78 is 10.6. The molecule has 2 aromatic rings. The Bertz CT molecular complexity index is 784. The van der Waals surface area contributed by atoms with Crippen molar-refractivity contribution >= 4 is 23.6 Å². The van der Waals surface area contributed by atoms with Crippen LogP contribution in [-0.4, -0.2) is 46.3 Å². The lowest BCUT2D eigenvalue weighted by Gasteiger charge is -2.13. The van der Waals surface area contributed by atoms with Crippen molar-refractivity contribution in [2.24, 2.45) is 0 Å². The van der Waals surface area contributed by atoms with Crippen LogP contribution in [-0.2, 0) is 4.74 Å². The zero-order valence-corrected chi connectivity index (χ0v) is 14.5. The number of benzene rings is 1. The second-order valence-corrected chi connectivity index (χ2v) is 5.80. The van der Waals surface area contributed by atoms with Gasteiger partial charge in [0.1, 0.15) is 11.3 Å². The van der Waals surface area contributed by atoms with E-state index in [0.29, 0.717) is 36.1 Å². The van der Waals surface area contributed by atoms with E-state index in [1.807, 2.05) is 0 Å². The molecule has 0 saturated heterocycles. The zero-order valence-electron chi connectivity index (χ0n) is 14.5. The molecule has 0 fully saturated rings. The maximum Gasteiger partial charge on any atom is 0.341 e. The molecule has 0 aliphatic carbocycles. The summed E-state index contributed by atoms with van der Waals surface area (Å²) in [6.07, 6.45) is 3.84. The number of hydrogen-bond acceptors (Lipinski definition) is 9. The molecule has 3 N–H and O–H groups in total. The first-order valence-corrected chi connectivity index (χ1v) is 8.47. The summed E-state index contributed by atoms with van der Waals surface area (Å²) in [5, 5.41) is 15.8. The molecule has 138 valence electrons. The minimum absolute atomic E-state index is 0.187. The number of carbonyl (C=O) groups excluding carboxylic acids is 1. The molecule has 0 spiro atoms. The molecule has 0 saturated carbocycles. The summed E-state index contributed by atoms with van der Waals surface area (Å²) in [6, 6.07) is 4.60. The van der Waals surface area contributed by atoms with Crippen LogP contribution in [0.25, 0.3) is 0 Å². The van der Waals surface area contributed by atoms with Crippen molar-refractivity contribution in [3.05, 3.63) is 23.8 Å². The van der Waals surface area contributed by atoms with Crippen LogP contribution >= 0.6 is 0 Å². The highest BCUT2D eigenvalue weighted by Gasteiger charge is 2.15. The number of aromatic nitrogens is 3. The van der Waals surface area contributed by atoms with Gasteiger partial charge >= 0.3 is 12.0 Å². The van der Waals surface area contributed by atoms with Crippen LogP contribution in [0.3, 0.4) is 0 Å². The van der Waals surface area contributed by atoms with E-state index in [9.17, 15) is 9.90 Å². The van der Waals surface area contributed by atoms with Gasteiger partial charge in [0.05, 0.1) is 13.7 Å². The Morgan fingerprint density at radius 2 is 1.96 bits per heavy atom. The Morgan fingerprint density at radius 3 is 2.81 bits per heavy atom. The van der Waals surface area contributed by atoms with Gasteiger partial charge in [0.15, 0.2) is 0 Å². The van der Waals surface area contributed by atoms with Crippen molar-refractivity contribution in [2.45, 2.75) is 25.7 Å². The van der Waals surface area contributed by atoms with Crippen molar-refractivity contribution in [2.75, 3.05) is 30.9 Å². The van der Waals surface area contributed by atoms with Crippen LogP contribution in [0.15, 0.2) is 18.2 Å². The number of hydrogen-bond donors (Lipinski definition) is 3. The highest BCUT2D eigenvalue weighted by molar-refractivity contribution is 5.93. The normalized spacial score (nSPS) is 14.7. The van der Waals surface area contributed by atoms with E-state index >= 15 is 0 Å². The first-order chi connectivity index (χ1) is 12.7. The minimum atomic E-state index is -0.464. The molecule has 1 aromatic heterocycles. The third-order valence-corrected chi connectivity index (χ3v) is 3.88. The summed E-state index contributed by atoms with van der Waals surface area (Å²) in [7, 11) is 1.33. The van der Waals surface area contributed by atoms with Gasteiger partial charge in [0, 0.05) is 18.3 Å². The number of nitrogens with one attached hydrogen (secondary N) is 2. The lowest BCUT2D eigenvalue weighted by Crippen LogP contribution is -2.08. The molecular formula is C17H21N5O4. The molecule has 3 rings (SSSR count). The molecule has 4 bridgehead atoms. The summed E-state index contributed by atoms with van der Waals surface area (Å²) in [5.74, 6) is 0.450. The second-order valence-electron chi connectivity index (χ2n) is 5.80. The van der Waals surface area contributed by atoms with E-state index in [4.69, 9.17) is 9.47 Å². The van der Waals surface area contributed by atoms with Crippen molar-refractivity contribution in [3.8, 4) is 11.8 Å². The maximum atomic E-state index is 11.9. The summed E-state index contributed by atoms with van der Waals surface area (Å²) in [4.78, 5) is 23.9. The van der Waals surface area contributed by atoms with E-state index in [1.165, 1.54) is 7.11 Å². The van der Waals surface area contributed by atoms with Crippen molar-refractivity contribution in [3.63, 3.8) is 0 Å². The highest BCUT2D eigenvalue weighted by Crippen LogP contribution is 2.26. The predicted octanol–water partition coefficient (Wildman–Crippen LogP) is 2.47. The fourth-order valence-corrected chi connectivity index (χ4v) is 2.59. The fraction of sp³-hybridized carbons (Fsp3) is 0.412. The molecule has 26 heavy (non-hydrogen) atoms. The lowest BCUT2D eigenvalue weighted by atomic mass is 10.1. The van der Waals surface area contributed by atoms with Crippen LogP contribution in [0.1, 0.15) is 36.0 Å². The number of carbonyl (C=O) groups is 1. The van der Waals surface area contributed by atoms with E-state index in [-0.39, 0.29) is 12.0 Å². The fourth-order valence-electron chi connectivity index (χ4n) is 2.59. The topological polar surface area (TPSA) is 118 Å². The third-order valence-electron chi connectivity index (χ3n) is 3.88. The number of ether oxygens (including phenoxy) is 2. The molecule has 0 radical (unpaired) electrons. The standard InChI is InChI=1S/C17H21N5O4/c1-25-14(23)12-7-6-11-10-13(12)26-9-5-3-2-4-8-18-15-20-16(19-11)22-17(24)21-15/h6-7,10H,2-5,8-9H2,1H3,(H3,18,19,20,21,22,24). The van der Waals surface area contributed by atoms with Gasteiger partial charge in [-0.3, -0.25) is 0 Å². The number of anilines is 3. The summed E-state index contributed by atoms with van der Waals surface area (Å²) in [6.45, 7) is 1.21. The Hall–Kier alpha value is -3.10. The summed E-state index contributed by atoms with van der Waals surface area (Å²) in [5.41, 5.74) is 0.960. The van der Waals surface area contributed by atoms with E-state index in [1.54, 1.807) is 18.2 Å². The molecule has 1 aromatic carbocycles. The Morgan fingerprint density at radius 1 is 1.15 bits per heavy atom. The van der Waals surface area contributed by atoms with Gasteiger partial charge in [-0.2, -0.15) is 15.0 Å². The third kappa shape index (κ3) is 4.50. The molecule has 1 aliphatic heterocycles. The van der Waals surface area contributed by atoms with Crippen LogP contribution in [0, 0.1) is 0 Å². The summed E-state index contributed by atoms with van der Waals surface area (Å²) >= 11 is 0. The maximum absolute atomic E-state index is 11.9. The van der Waals surface area contributed by atoms with E-state index in [2.05, 4.69) is 25.6 Å². The molecular weight excluding hydrogens is 338 g/mol. The van der Waals surface area contributed by atoms with Gasteiger partial charge in [-0.1, -0.05) is 12.8 Å². The Kier molecular flexibility index (Phi) is 5.67. The molecule has 0 atom stereocenters. The average molecular weight is 359 g/mol. The Balaban J connectivity index is 1.93. The van der Waals surface area contributed by atoms with Crippen LogP contribution in [0.2, 0.25) is 0 Å². The number of aromatic hydroxyl groups is 1. The van der Waals surface area contributed by atoms with Crippen LogP contribution < -0.4 is 15.4 Å². The van der Waals surface area contributed by atoms with Gasteiger partial charge < -0.3 is 25.2 Å². The van der Waals surface area contributed by atoms with Gasteiger partial charge in [0.25, 0.3) is 0 Å². The molecule has 0 amide bonds. The first kappa shape index (κ1) is 17.7. The number of nitrogens with zero attached hydrogens (tertiary/aromatic N) is 3. The highest BCUT2D eigenvalue weighted by atomic mass is 16.5. The lowest BCUT2D eigenvalue weighted by molar-refractivity contribution is 0.0596. The number of esters is 1. The number of methoxy groups -OCH3 is 1. The minimum Gasteiger partial charge on any atom is -0.493 e. The first-order valence-electron chi connectivity index (χ1n) is 8.47. The molecule has 0 unspecified atom stereocenters. The monoisotopic (exact) mass is 359 g/mol. The van der Waals surface area contributed by atoms with Crippen LogP contribution in [0.4, 0.5) is 17.6 Å². The van der Waals surface area contributed by atoms with Crippen molar-refractivity contribution in [1.29, 1.82) is 0 Å². The van der Waals surface area contributed by atoms with E-state index < -0.39 is 5.97 Å². The smallest absolute Gasteiger partial charge is 0.341 e. The largest absolute Gasteiger partial charge is 0.493 e. The SMILES string of the molecule is COC(=O)c1ccc2cc1OCCCCCCNc1nc(O)nc(n1)N2. The van der Waals surface area contributed by atoms with Crippen LogP contribution in [0.5, 0.6) is 11.8 Å². The predicted molar refractivity (Wildman–Crippen MR) is 95.0 cm³/mol. The quantitative estimate of drug-likeness (QED) is 0.660. The zero-order chi connectivity index (χ0) is 18.4. The number of rotatable bonds is 1. The van der Waals surface area contributed by atoms with Crippen molar-refractivity contribution in [1.82, 2.24) is 15.0 Å². The Labute approximate surface area is 150 Å². The molecule has 9 nitrogen and oxygen atoms in total. The van der Waals surface area contributed by atoms with E-state index in [0.717, 1.165) is 25.7 Å². The van der Waals surface area contributed by atoms with Gasteiger partial charge in [-0.05, 0) is 25.0 Å². The van der Waals surface area contributed by atoms with Gasteiger partial charge in [-0.15, -0.1) is 0 Å². The number of fused-ring (bicyclic) bond motifs is 4. The average Bonchev–Trinajstić information content (AvgIpc) is 2.62. The van der Waals surface area contributed by atoms with Gasteiger partial charge in [0.2, 0.25) is 11.9 Å². The second kappa shape index (κ2) is 8.32.